The van der Waals surface area contributed by atoms with Gasteiger partial charge in [-0.2, -0.15) is 0 Å². The van der Waals surface area contributed by atoms with Gasteiger partial charge in [-0.25, -0.2) is 4.98 Å². The van der Waals surface area contributed by atoms with Gasteiger partial charge in [0.15, 0.2) is 0 Å². The van der Waals surface area contributed by atoms with E-state index in [0.29, 0.717) is 15.9 Å². The number of aromatic nitrogens is 3. The third-order valence-electron chi connectivity index (χ3n) is 4.02. The largest absolute Gasteiger partial charge is 0.296 e. The molecule has 0 unspecified atom stereocenters. The highest BCUT2D eigenvalue weighted by Crippen LogP contribution is 2.30. The predicted molar refractivity (Wildman–Crippen MR) is 103 cm³/mol. The Bertz CT molecular complexity index is 853. The summed E-state index contributed by atoms with van der Waals surface area (Å²) in [5, 5.41) is 13.6. The fraction of sp³-hybridized carbons (Fsp3) is 0.333. The average Bonchev–Trinajstić information content (AvgIpc) is 3.24. The van der Waals surface area contributed by atoms with Crippen LogP contribution in [-0.4, -0.2) is 21.1 Å². The van der Waals surface area contributed by atoms with E-state index in [1.54, 1.807) is 0 Å². The minimum Gasteiger partial charge on any atom is -0.296 e. The van der Waals surface area contributed by atoms with Crippen LogP contribution in [0.1, 0.15) is 53.0 Å². The minimum absolute atomic E-state index is 0.176. The van der Waals surface area contributed by atoms with Gasteiger partial charge >= 0.3 is 0 Å². The number of thiazole rings is 1. The van der Waals surface area contributed by atoms with E-state index in [1.165, 1.54) is 22.7 Å². The molecule has 1 N–H and O–H groups in total. The summed E-state index contributed by atoms with van der Waals surface area (Å²) in [6.45, 7) is 6.13. The molecule has 0 spiro atoms. The van der Waals surface area contributed by atoms with Crippen molar-refractivity contribution in [2.75, 3.05) is 5.32 Å². The van der Waals surface area contributed by atoms with Gasteiger partial charge in [0, 0.05) is 11.5 Å². The zero-order chi connectivity index (χ0) is 17.8. The molecule has 1 amide bonds. The first-order valence-electron chi connectivity index (χ1n) is 8.30. The molecule has 0 aliphatic rings. The summed E-state index contributed by atoms with van der Waals surface area (Å²) >= 11 is 2.85. The predicted octanol–water partition coefficient (Wildman–Crippen LogP) is 5.13. The van der Waals surface area contributed by atoms with Crippen LogP contribution in [0, 0.1) is 6.92 Å². The summed E-state index contributed by atoms with van der Waals surface area (Å²) in [5.41, 5.74) is 1.74. The van der Waals surface area contributed by atoms with E-state index in [2.05, 4.69) is 34.3 Å². The van der Waals surface area contributed by atoms with Crippen LogP contribution in [-0.2, 0) is 0 Å². The van der Waals surface area contributed by atoms with Crippen molar-refractivity contribution < 1.29 is 4.79 Å². The van der Waals surface area contributed by atoms with Crippen LogP contribution in [0.25, 0.3) is 10.6 Å². The zero-order valence-corrected chi connectivity index (χ0v) is 16.1. The number of hydrogen-bond donors (Lipinski definition) is 1. The average molecular weight is 373 g/mol. The Kier molecular flexibility index (Phi) is 5.55. The molecule has 0 aliphatic heterocycles. The van der Waals surface area contributed by atoms with Gasteiger partial charge in [-0.05, 0) is 19.8 Å². The maximum absolute atomic E-state index is 12.6. The van der Waals surface area contributed by atoms with Gasteiger partial charge in [-0.1, -0.05) is 55.5 Å². The molecule has 0 saturated heterocycles. The van der Waals surface area contributed by atoms with Crippen molar-refractivity contribution in [1.29, 1.82) is 0 Å². The summed E-state index contributed by atoms with van der Waals surface area (Å²) in [6, 6.07) is 9.88. The Morgan fingerprint density at radius 2 is 1.84 bits per heavy atom. The summed E-state index contributed by atoms with van der Waals surface area (Å²) in [5.74, 6) is 0.224. The molecule has 0 radical (unpaired) electrons. The molecule has 0 bridgehead atoms. The topological polar surface area (TPSA) is 67.8 Å². The Morgan fingerprint density at radius 1 is 1.12 bits per heavy atom. The molecule has 2 heterocycles. The van der Waals surface area contributed by atoms with Crippen LogP contribution in [0.2, 0.25) is 0 Å². The SMILES string of the molecule is CCC(CC)c1nnc(NC(=O)c2sc(-c3ccccc3)nc2C)s1. The second-order valence-corrected chi connectivity index (χ2v) is 7.72. The first kappa shape index (κ1) is 17.7. The first-order valence-corrected chi connectivity index (χ1v) is 9.93. The van der Waals surface area contributed by atoms with Crippen molar-refractivity contribution >= 4 is 33.7 Å². The Balaban J connectivity index is 1.77. The fourth-order valence-electron chi connectivity index (χ4n) is 2.55. The molecule has 0 aliphatic carbocycles. The summed E-state index contributed by atoms with van der Waals surface area (Å²) in [7, 11) is 0. The molecule has 0 saturated carbocycles. The van der Waals surface area contributed by atoms with Crippen molar-refractivity contribution in [3.8, 4) is 10.6 Å². The van der Waals surface area contributed by atoms with Gasteiger partial charge in [-0.15, -0.1) is 21.5 Å². The number of amides is 1. The number of benzene rings is 1. The maximum atomic E-state index is 12.6. The number of carbonyl (C=O) groups excluding carboxylic acids is 1. The molecule has 7 heteroatoms. The minimum atomic E-state index is -0.176. The first-order chi connectivity index (χ1) is 12.1. The van der Waals surface area contributed by atoms with Gasteiger partial charge in [0.25, 0.3) is 5.91 Å². The number of nitrogens with one attached hydrogen (secondary N) is 1. The van der Waals surface area contributed by atoms with Crippen LogP contribution < -0.4 is 5.32 Å². The molecule has 0 fully saturated rings. The third-order valence-corrected chi connectivity index (χ3v) is 6.23. The van der Waals surface area contributed by atoms with E-state index in [-0.39, 0.29) is 5.91 Å². The van der Waals surface area contributed by atoms with E-state index >= 15 is 0 Å². The highest BCUT2D eigenvalue weighted by Gasteiger charge is 2.19. The van der Waals surface area contributed by atoms with Crippen molar-refractivity contribution in [3.63, 3.8) is 0 Å². The van der Waals surface area contributed by atoms with E-state index < -0.39 is 0 Å². The lowest BCUT2D eigenvalue weighted by molar-refractivity contribution is 0.102. The summed E-state index contributed by atoms with van der Waals surface area (Å²) in [4.78, 5) is 17.7. The standard InChI is InChI=1S/C18H20N4OS2/c1-4-12(5-2)17-21-22-18(25-17)20-15(23)14-11(3)19-16(24-14)13-9-7-6-8-10-13/h6-10,12H,4-5H2,1-3H3,(H,20,22,23). The van der Waals surface area contributed by atoms with E-state index in [1.807, 2.05) is 37.3 Å². The fourth-order valence-corrected chi connectivity index (χ4v) is 4.53. The Hall–Kier alpha value is -2.12. The molecule has 5 nitrogen and oxygen atoms in total. The summed E-state index contributed by atoms with van der Waals surface area (Å²) in [6.07, 6.45) is 2.04. The van der Waals surface area contributed by atoms with Crippen LogP contribution in [0.15, 0.2) is 30.3 Å². The lowest BCUT2D eigenvalue weighted by atomic mass is 10.1. The van der Waals surface area contributed by atoms with Crippen molar-refractivity contribution in [2.24, 2.45) is 0 Å². The molecule has 1 aromatic carbocycles. The Morgan fingerprint density at radius 3 is 2.52 bits per heavy atom. The van der Waals surface area contributed by atoms with Crippen LogP contribution in [0.3, 0.4) is 0 Å². The number of anilines is 1. The van der Waals surface area contributed by atoms with Crippen LogP contribution in [0.5, 0.6) is 0 Å². The van der Waals surface area contributed by atoms with Gasteiger partial charge in [-0.3, -0.25) is 10.1 Å². The lowest BCUT2D eigenvalue weighted by Crippen LogP contribution is -2.11. The normalized spacial score (nSPS) is 11.0. The smallest absolute Gasteiger partial charge is 0.269 e. The van der Waals surface area contributed by atoms with E-state index in [4.69, 9.17) is 0 Å². The van der Waals surface area contributed by atoms with Gasteiger partial charge in [0.1, 0.15) is 14.9 Å². The van der Waals surface area contributed by atoms with E-state index in [9.17, 15) is 4.79 Å². The number of rotatable bonds is 6. The monoisotopic (exact) mass is 372 g/mol. The summed E-state index contributed by atoms with van der Waals surface area (Å²) < 4.78 is 0. The molecule has 130 valence electrons. The molecule has 3 aromatic rings. The molecule has 25 heavy (non-hydrogen) atoms. The van der Waals surface area contributed by atoms with Crippen molar-refractivity contribution in [3.05, 3.63) is 45.9 Å². The number of carbonyl (C=O) groups is 1. The molecular weight excluding hydrogens is 352 g/mol. The second-order valence-electron chi connectivity index (χ2n) is 5.71. The number of nitrogens with zero attached hydrogens (tertiary/aromatic N) is 3. The van der Waals surface area contributed by atoms with Crippen molar-refractivity contribution in [1.82, 2.24) is 15.2 Å². The third kappa shape index (κ3) is 3.93. The lowest BCUT2D eigenvalue weighted by Gasteiger charge is -2.05. The molecule has 0 atom stereocenters. The number of aryl methyl sites for hydroxylation is 1. The van der Waals surface area contributed by atoms with E-state index in [0.717, 1.165) is 34.1 Å². The second kappa shape index (κ2) is 7.84. The highest BCUT2D eigenvalue weighted by atomic mass is 32.1. The van der Waals surface area contributed by atoms with Crippen molar-refractivity contribution in [2.45, 2.75) is 39.5 Å². The number of hydrogen-bond acceptors (Lipinski definition) is 6. The maximum Gasteiger partial charge on any atom is 0.269 e. The van der Waals surface area contributed by atoms with Crippen LogP contribution in [0.4, 0.5) is 5.13 Å². The quantitative estimate of drug-likeness (QED) is 0.651. The highest BCUT2D eigenvalue weighted by molar-refractivity contribution is 7.17. The molecular formula is C18H20N4OS2. The zero-order valence-electron chi connectivity index (χ0n) is 14.4. The molecule has 3 rings (SSSR count). The molecule has 2 aromatic heterocycles. The van der Waals surface area contributed by atoms with Gasteiger partial charge in [0.05, 0.1) is 5.69 Å². The van der Waals surface area contributed by atoms with Gasteiger partial charge < -0.3 is 0 Å². The Labute approximate surface area is 155 Å². The van der Waals surface area contributed by atoms with Gasteiger partial charge in [0.2, 0.25) is 5.13 Å². The van der Waals surface area contributed by atoms with Crippen LogP contribution >= 0.6 is 22.7 Å².